The number of nitrogens with zero attached hydrogens (tertiary/aromatic N) is 1. The van der Waals surface area contributed by atoms with E-state index >= 15 is 0 Å². The molecule has 2 rings (SSSR count). The maximum absolute atomic E-state index is 12.2. The first-order valence-corrected chi connectivity index (χ1v) is 7.39. The van der Waals surface area contributed by atoms with Crippen LogP contribution in [0.15, 0.2) is 24.3 Å². The molecular weight excluding hydrogens is 280 g/mol. The van der Waals surface area contributed by atoms with Gasteiger partial charge in [0.1, 0.15) is 6.54 Å². The molecule has 1 aliphatic rings. The van der Waals surface area contributed by atoms with Gasteiger partial charge in [-0.05, 0) is 11.6 Å². The minimum absolute atomic E-state index is 0.0164. The minimum Gasteiger partial charge on any atom is -0.344 e. The molecule has 20 heavy (non-hydrogen) atoms. The number of benzene rings is 1. The lowest BCUT2D eigenvalue weighted by molar-refractivity contribution is -0.120. The van der Waals surface area contributed by atoms with Crippen LogP contribution in [0, 0.1) is 12.3 Å². The topological polar surface area (TPSA) is 83.6 Å². The second kappa shape index (κ2) is 5.35. The Kier molecular flexibility index (Phi) is 3.77. The van der Waals surface area contributed by atoms with Crippen LogP contribution in [0.4, 0.5) is 0 Å². The van der Waals surface area contributed by atoms with Gasteiger partial charge >= 0.3 is 0 Å². The molecule has 0 unspecified atom stereocenters. The van der Waals surface area contributed by atoms with Gasteiger partial charge in [0.05, 0.1) is 12.3 Å². The summed E-state index contributed by atoms with van der Waals surface area (Å²) < 4.78 is 24.7. The molecule has 1 aromatic carbocycles. The van der Waals surface area contributed by atoms with Crippen LogP contribution in [0.2, 0.25) is 0 Å². The van der Waals surface area contributed by atoms with Crippen LogP contribution in [-0.4, -0.2) is 37.6 Å². The lowest BCUT2D eigenvalue weighted by Gasteiger charge is -2.27. The van der Waals surface area contributed by atoms with E-state index in [0.29, 0.717) is 15.4 Å². The number of fused-ring (bicyclic) bond motifs is 1. The zero-order valence-corrected chi connectivity index (χ0v) is 11.3. The number of hydrogen-bond acceptors (Lipinski definition) is 4. The number of rotatable bonds is 3. The summed E-state index contributed by atoms with van der Waals surface area (Å²) in [5.41, 5.74) is 0.741. The fraction of sp³-hybridized carbons (Fsp3) is 0.231. The predicted octanol–water partition coefficient (Wildman–Crippen LogP) is -0.278. The van der Waals surface area contributed by atoms with E-state index < -0.39 is 28.4 Å². The van der Waals surface area contributed by atoms with Crippen molar-refractivity contribution in [2.45, 2.75) is 5.75 Å². The number of sulfonamides is 1. The molecular formula is C13H12N2O4S. The first kappa shape index (κ1) is 14.1. The Morgan fingerprint density at radius 2 is 2.10 bits per heavy atom. The summed E-state index contributed by atoms with van der Waals surface area (Å²) in [5.74, 6) is 0.601. The van der Waals surface area contributed by atoms with Crippen LogP contribution >= 0.6 is 0 Å². The molecule has 1 aliphatic heterocycles. The van der Waals surface area contributed by atoms with Crippen molar-refractivity contribution in [1.29, 1.82) is 0 Å². The molecule has 1 N–H and O–H groups in total. The van der Waals surface area contributed by atoms with Crippen molar-refractivity contribution in [3.63, 3.8) is 0 Å². The highest BCUT2D eigenvalue weighted by molar-refractivity contribution is 7.89. The molecule has 6 nitrogen and oxygen atoms in total. The number of hydrogen-bond donors (Lipinski definition) is 1. The molecule has 1 heterocycles. The highest BCUT2D eigenvalue weighted by Gasteiger charge is 2.36. The summed E-state index contributed by atoms with van der Waals surface area (Å²) in [5, 5.41) is 2.33. The van der Waals surface area contributed by atoms with Gasteiger partial charge in [-0.15, -0.1) is 6.42 Å². The summed E-state index contributed by atoms with van der Waals surface area (Å²) in [6.45, 7) is -0.575. The number of terminal acetylenes is 1. The molecule has 2 amide bonds. The van der Waals surface area contributed by atoms with E-state index in [1.807, 2.05) is 0 Å². The predicted molar refractivity (Wildman–Crippen MR) is 71.9 cm³/mol. The van der Waals surface area contributed by atoms with E-state index in [1.54, 1.807) is 24.3 Å². The Morgan fingerprint density at radius 1 is 1.40 bits per heavy atom. The highest BCUT2D eigenvalue weighted by atomic mass is 32.2. The molecule has 0 aromatic heterocycles. The Morgan fingerprint density at radius 3 is 2.80 bits per heavy atom. The van der Waals surface area contributed by atoms with E-state index in [2.05, 4.69) is 11.2 Å². The third kappa shape index (κ3) is 2.65. The average Bonchev–Trinajstić information content (AvgIpc) is 2.40. The molecule has 104 valence electrons. The molecule has 0 bridgehead atoms. The quantitative estimate of drug-likeness (QED) is 0.777. The van der Waals surface area contributed by atoms with Gasteiger partial charge in [-0.25, -0.2) is 12.7 Å². The molecule has 1 aromatic rings. The second-order valence-electron chi connectivity index (χ2n) is 4.21. The van der Waals surface area contributed by atoms with E-state index in [9.17, 15) is 18.0 Å². The molecule has 7 heteroatoms. The number of carbonyl (C=O) groups is 2. The van der Waals surface area contributed by atoms with Gasteiger partial charge in [0.25, 0.3) is 5.91 Å². The largest absolute Gasteiger partial charge is 0.344 e. The number of carbonyl (C=O) groups excluding carboxylic acids is 2. The Bertz CT molecular complexity index is 703. The zero-order valence-electron chi connectivity index (χ0n) is 10.5. The van der Waals surface area contributed by atoms with E-state index in [1.165, 1.54) is 0 Å². The highest BCUT2D eigenvalue weighted by Crippen LogP contribution is 2.24. The SMILES string of the molecule is C#CCNC(=O)CN1C(=O)c2ccccc2CS1(=O)=O. The second-order valence-corrected chi connectivity index (χ2v) is 6.10. The first-order valence-electron chi connectivity index (χ1n) is 5.78. The van der Waals surface area contributed by atoms with Gasteiger partial charge in [-0.2, -0.15) is 0 Å². The van der Waals surface area contributed by atoms with E-state index in [4.69, 9.17) is 6.42 Å². The number of nitrogens with one attached hydrogen (secondary N) is 1. The molecule has 0 atom stereocenters. The molecule has 0 saturated heterocycles. The Hall–Kier alpha value is -2.33. The summed E-state index contributed by atoms with van der Waals surface area (Å²) >= 11 is 0. The van der Waals surface area contributed by atoms with Crippen LogP contribution < -0.4 is 5.32 Å². The number of amides is 2. The van der Waals surface area contributed by atoms with Gasteiger partial charge in [-0.1, -0.05) is 24.1 Å². The summed E-state index contributed by atoms with van der Waals surface area (Å²) in [6, 6.07) is 6.43. The van der Waals surface area contributed by atoms with Crippen molar-refractivity contribution in [2.75, 3.05) is 13.1 Å². The molecule has 0 fully saturated rings. The molecule has 0 aliphatic carbocycles. The van der Waals surface area contributed by atoms with Crippen molar-refractivity contribution in [3.8, 4) is 12.3 Å². The van der Waals surface area contributed by atoms with E-state index in [0.717, 1.165) is 0 Å². The van der Waals surface area contributed by atoms with Gasteiger partial charge in [0, 0.05) is 5.56 Å². The van der Waals surface area contributed by atoms with Crippen molar-refractivity contribution in [2.24, 2.45) is 0 Å². The van der Waals surface area contributed by atoms with Gasteiger partial charge in [-0.3, -0.25) is 9.59 Å². The Balaban J connectivity index is 2.28. The van der Waals surface area contributed by atoms with Crippen molar-refractivity contribution in [3.05, 3.63) is 35.4 Å². The van der Waals surface area contributed by atoms with Gasteiger partial charge in [0.15, 0.2) is 0 Å². The third-order valence-electron chi connectivity index (χ3n) is 2.82. The summed E-state index contributed by atoms with van der Waals surface area (Å²) in [4.78, 5) is 23.7. The normalized spacial score (nSPS) is 16.1. The molecule has 0 radical (unpaired) electrons. The maximum atomic E-state index is 12.2. The third-order valence-corrected chi connectivity index (χ3v) is 4.47. The monoisotopic (exact) mass is 292 g/mol. The Labute approximate surface area is 116 Å². The van der Waals surface area contributed by atoms with Crippen molar-refractivity contribution in [1.82, 2.24) is 9.62 Å². The van der Waals surface area contributed by atoms with Gasteiger partial charge in [0.2, 0.25) is 15.9 Å². The van der Waals surface area contributed by atoms with Crippen LogP contribution in [0.5, 0.6) is 0 Å². The van der Waals surface area contributed by atoms with Crippen LogP contribution in [0.3, 0.4) is 0 Å². The molecule has 0 spiro atoms. The minimum atomic E-state index is -3.83. The van der Waals surface area contributed by atoms with E-state index in [-0.39, 0.29) is 12.3 Å². The summed E-state index contributed by atoms with van der Waals surface area (Å²) in [6.07, 6.45) is 4.99. The summed E-state index contributed by atoms with van der Waals surface area (Å²) in [7, 11) is -3.83. The first-order chi connectivity index (χ1) is 9.45. The van der Waals surface area contributed by atoms with Gasteiger partial charge < -0.3 is 5.32 Å². The fourth-order valence-electron chi connectivity index (χ4n) is 1.90. The van der Waals surface area contributed by atoms with Crippen molar-refractivity contribution < 1.29 is 18.0 Å². The maximum Gasteiger partial charge on any atom is 0.268 e. The van der Waals surface area contributed by atoms with Crippen LogP contribution in [0.25, 0.3) is 0 Å². The van der Waals surface area contributed by atoms with Crippen LogP contribution in [0.1, 0.15) is 15.9 Å². The zero-order chi connectivity index (χ0) is 14.8. The average molecular weight is 292 g/mol. The fourth-order valence-corrected chi connectivity index (χ4v) is 3.36. The lowest BCUT2D eigenvalue weighted by Crippen LogP contribution is -2.47. The lowest BCUT2D eigenvalue weighted by atomic mass is 10.1. The van der Waals surface area contributed by atoms with Crippen LogP contribution in [-0.2, 0) is 20.6 Å². The standard InChI is InChI=1S/C13H12N2O4S/c1-2-7-14-12(16)8-15-13(17)11-6-4-3-5-10(11)9-20(15,18)19/h1,3-6H,7-9H2,(H,14,16). The smallest absolute Gasteiger partial charge is 0.268 e. The van der Waals surface area contributed by atoms with Crippen molar-refractivity contribution >= 4 is 21.8 Å². The molecule has 0 saturated carbocycles.